The summed E-state index contributed by atoms with van der Waals surface area (Å²) >= 11 is 0. The van der Waals surface area contributed by atoms with Crippen LogP contribution in [0.15, 0.2) is 53.2 Å². The molecule has 2 saturated heterocycles. The molecule has 1 spiro atoms. The molecule has 170 valence electrons. The van der Waals surface area contributed by atoms with Crippen molar-refractivity contribution >= 4 is 17.7 Å². The van der Waals surface area contributed by atoms with Crippen molar-refractivity contribution in [1.82, 2.24) is 15.2 Å². The van der Waals surface area contributed by atoms with Crippen LogP contribution in [0.4, 0.5) is 14.9 Å². The Bertz CT molecular complexity index is 1210. The summed E-state index contributed by atoms with van der Waals surface area (Å²) in [5, 5.41) is 7.51. The first-order valence-corrected chi connectivity index (χ1v) is 10.5. The van der Waals surface area contributed by atoms with E-state index in [0.29, 0.717) is 41.4 Å². The molecule has 1 atom stereocenters. The number of amides is 2. The second kappa shape index (κ2) is 8.19. The number of rotatable bonds is 5. The quantitative estimate of drug-likeness (QED) is 0.586. The van der Waals surface area contributed by atoms with E-state index in [0.717, 1.165) is 0 Å². The van der Waals surface area contributed by atoms with Crippen LogP contribution in [-0.2, 0) is 11.3 Å². The molecule has 0 radical (unpaired) electrons. The van der Waals surface area contributed by atoms with Crippen molar-refractivity contribution in [2.45, 2.75) is 25.6 Å². The van der Waals surface area contributed by atoms with Gasteiger partial charge in [-0.25, -0.2) is 13.8 Å². The number of nitrogens with zero attached hydrogens (tertiary/aromatic N) is 4. The highest BCUT2D eigenvalue weighted by Gasteiger charge is 2.51. The average Bonchev–Trinajstić information content (AvgIpc) is 3.51. The molecule has 2 amide bonds. The molecule has 5 rings (SSSR count). The van der Waals surface area contributed by atoms with Crippen molar-refractivity contribution in [2.24, 2.45) is 0 Å². The Hall–Kier alpha value is -3.95. The van der Waals surface area contributed by atoms with E-state index in [1.165, 1.54) is 17.0 Å². The van der Waals surface area contributed by atoms with Crippen LogP contribution in [-0.4, -0.2) is 52.4 Å². The van der Waals surface area contributed by atoms with E-state index < -0.39 is 17.5 Å². The van der Waals surface area contributed by atoms with Crippen LogP contribution in [0.3, 0.4) is 0 Å². The molecular weight excluding hydrogens is 431 g/mol. The standard InChI is InChI=1S/C23H21FN4O5/c1-15-19(26-33-25-15)12-31-20-8-3-2-7-18(20)21(29)27-10-9-23(13-27)14-28(22(30)32-23)17-6-4-5-16(24)11-17/h2-8,11H,9-10,12-14H2,1H3. The van der Waals surface area contributed by atoms with E-state index in [9.17, 15) is 14.0 Å². The van der Waals surface area contributed by atoms with Crippen molar-refractivity contribution in [3.8, 4) is 5.75 Å². The number of anilines is 1. The van der Waals surface area contributed by atoms with Gasteiger partial charge in [-0.15, -0.1) is 0 Å². The lowest BCUT2D eigenvalue weighted by atomic mass is 10.0. The Morgan fingerprint density at radius 2 is 2.03 bits per heavy atom. The summed E-state index contributed by atoms with van der Waals surface area (Å²) in [6.45, 7) is 2.78. The Balaban J connectivity index is 1.30. The van der Waals surface area contributed by atoms with Gasteiger partial charge in [0, 0.05) is 13.0 Å². The Morgan fingerprint density at radius 3 is 2.82 bits per heavy atom. The second-order valence-electron chi connectivity index (χ2n) is 8.17. The highest BCUT2D eigenvalue weighted by molar-refractivity contribution is 5.97. The third-order valence-corrected chi connectivity index (χ3v) is 5.92. The smallest absolute Gasteiger partial charge is 0.415 e. The summed E-state index contributed by atoms with van der Waals surface area (Å²) in [6.07, 6.45) is -0.0569. The van der Waals surface area contributed by atoms with Crippen molar-refractivity contribution in [2.75, 3.05) is 24.5 Å². The number of carbonyl (C=O) groups excluding carboxylic acids is 2. The average molecular weight is 452 g/mol. The normalized spacial score (nSPS) is 19.9. The summed E-state index contributed by atoms with van der Waals surface area (Å²) < 4.78 is 29.8. The van der Waals surface area contributed by atoms with Crippen molar-refractivity contribution in [3.63, 3.8) is 0 Å². The molecule has 33 heavy (non-hydrogen) atoms. The number of aryl methyl sites for hydroxylation is 1. The van der Waals surface area contributed by atoms with Gasteiger partial charge in [0.25, 0.3) is 5.91 Å². The number of halogens is 1. The van der Waals surface area contributed by atoms with E-state index in [4.69, 9.17) is 9.47 Å². The number of benzene rings is 2. The molecule has 2 aliphatic rings. The molecule has 9 nitrogen and oxygen atoms in total. The molecule has 0 saturated carbocycles. The van der Waals surface area contributed by atoms with Gasteiger partial charge in [0.1, 0.15) is 29.6 Å². The fraction of sp³-hybridized carbons (Fsp3) is 0.304. The van der Waals surface area contributed by atoms with Gasteiger partial charge in [-0.05, 0) is 37.3 Å². The zero-order valence-corrected chi connectivity index (χ0v) is 17.9. The predicted molar refractivity (Wildman–Crippen MR) is 113 cm³/mol. The lowest BCUT2D eigenvalue weighted by Crippen LogP contribution is -2.39. The van der Waals surface area contributed by atoms with E-state index >= 15 is 0 Å². The Labute approximate surface area is 188 Å². The van der Waals surface area contributed by atoms with Gasteiger partial charge in [0.2, 0.25) is 0 Å². The molecule has 2 aromatic carbocycles. The summed E-state index contributed by atoms with van der Waals surface area (Å²) in [6, 6.07) is 12.7. The molecule has 3 heterocycles. The van der Waals surface area contributed by atoms with Crippen LogP contribution in [0.1, 0.15) is 28.2 Å². The number of hydrogen-bond donors (Lipinski definition) is 0. The minimum absolute atomic E-state index is 0.115. The SMILES string of the molecule is Cc1nonc1COc1ccccc1C(=O)N1CCC2(C1)CN(c1cccc(F)c1)C(=O)O2. The molecule has 1 aromatic heterocycles. The van der Waals surface area contributed by atoms with Gasteiger partial charge in [-0.1, -0.05) is 28.5 Å². The summed E-state index contributed by atoms with van der Waals surface area (Å²) in [7, 11) is 0. The van der Waals surface area contributed by atoms with Gasteiger partial charge in [0.05, 0.1) is 24.3 Å². The maximum atomic E-state index is 13.6. The highest BCUT2D eigenvalue weighted by Crippen LogP contribution is 2.36. The molecule has 0 aliphatic carbocycles. The number of para-hydroxylation sites is 1. The molecule has 2 aliphatic heterocycles. The first kappa shape index (κ1) is 20.9. The van der Waals surface area contributed by atoms with Crippen LogP contribution in [0.5, 0.6) is 5.75 Å². The van der Waals surface area contributed by atoms with Crippen LogP contribution >= 0.6 is 0 Å². The minimum atomic E-state index is -0.835. The topological polar surface area (TPSA) is 98.0 Å². The lowest BCUT2D eigenvalue weighted by molar-refractivity contribution is 0.0551. The third-order valence-electron chi connectivity index (χ3n) is 5.92. The third kappa shape index (κ3) is 3.99. The molecule has 10 heteroatoms. The summed E-state index contributed by atoms with van der Waals surface area (Å²) in [5.41, 5.74) is 1.16. The summed E-state index contributed by atoms with van der Waals surface area (Å²) in [4.78, 5) is 28.9. The summed E-state index contributed by atoms with van der Waals surface area (Å²) in [5.74, 6) is -0.244. The zero-order chi connectivity index (χ0) is 23.0. The van der Waals surface area contributed by atoms with Crippen molar-refractivity contribution < 1.29 is 28.1 Å². The maximum absolute atomic E-state index is 13.6. The zero-order valence-electron chi connectivity index (χ0n) is 17.9. The minimum Gasteiger partial charge on any atom is -0.486 e. The van der Waals surface area contributed by atoms with E-state index in [-0.39, 0.29) is 25.6 Å². The fourth-order valence-corrected chi connectivity index (χ4v) is 4.16. The second-order valence-corrected chi connectivity index (χ2v) is 8.17. The largest absolute Gasteiger partial charge is 0.486 e. The van der Waals surface area contributed by atoms with Crippen LogP contribution in [0, 0.1) is 12.7 Å². The van der Waals surface area contributed by atoms with Gasteiger partial charge in [-0.2, -0.15) is 0 Å². The monoisotopic (exact) mass is 452 g/mol. The molecular formula is C23H21FN4O5. The number of hydrogen-bond acceptors (Lipinski definition) is 7. The first-order valence-electron chi connectivity index (χ1n) is 10.5. The van der Waals surface area contributed by atoms with Gasteiger partial charge < -0.3 is 14.4 Å². The first-order chi connectivity index (χ1) is 15.9. The number of aromatic nitrogens is 2. The van der Waals surface area contributed by atoms with Crippen LogP contribution in [0.2, 0.25) is 0 Å². The number of likely N-dealkylation sites (tertiary alicyclic amines) is 1. The molecule has 1 unspecified atom stereocenters. The van der Waals surface area contributed by atoms with Gasteiger partial charge in [0.15, 0.2) is 5.60 Å². The van der Waals surface area contributed by atoms with Crippen molar-refractivity contribution in [3.05, 3.63) is 71.3 Å². The number of carbonyl (C=O) groups is 2. The van der Waals surface area contributed by atoms with E-state index in [1.54, 1.807) is 48.2 Å². The fourth-order valence-electron chi connectivity index (χ4n) is 4.16. The van der Waals surface area contributed by atoms with Gasteiger partial charge in [-0.3, -0.25) is 9.69 Å². The molecule has 0 N–H and O–H groups in total. The Kier molecular flexibility index (Phi) is 5.20. The maximum Gasteiger partial charge on any atom is 0.415 e. The van der Waals surface area contributed by atoms with Gasteiger partial charge >= 0.3 is 6.09 Å². The van der Waals surface area contributed by atoms with Crippen LogP contribution < -0.4 is 9.64 Å². The van der Waals surface area contributed by atoms with Crippen molar-refractivity contribution in [1.29, 1.82) is 0 Å². The molecule has 2 fully saturated rings. The predicted octanol–water partition coefficient (Wildman–Crippen LogP) is 3.34. The highest BCUT2D eigenvalue weighted by atomic mass is 19.1. The van der Waals surface area contributed by atoms with E-state index in [2.05, 4.69) is 14.9 Å². The molecule has 0 bridgehead atoms. The Morgan fingerprint density at radius 1 is 1.18 bits per heavy atom. The van der Waals surface area contributed by atoms with Crippen LogP contribution in [0.25, 0.3) is 0 Å². The molecule has 3 aromatic rings. The lowest BCUT2D eigenvalue weighted by Gasteiger charge is -2.23. The van der Waals surface area contributed by atoms with E-state index in [1.807, 2.05) is 0 Å². The number of ether oxygens (including phenoxy) is 2.